The van der Waals surface area contributed by atoms with E-state index in [9.17, 15) is 0 Å². The summed E-state index contributed by atoms with van der Waals surface area (Å²) in [6.07, 6.45) is 2.12. The summed E-state index contributed by atoms with van der Waals surface area (Å²) in [5.74, 6) is 0. The van der Waals surface area contributed by atoms with Crippen molar-refractivity contribution in [2.45, 2.75) is 6.92 Å². The van der Waals surface area contributed by atoms with E-state index in [0.717, 1.165) is 0 Å². The number of pyridine rings is 2. The van der Waals surface area contributed by atoms with Crippen LogP contribution in [0.5, 0.6) is 0 Å². The first-order chi connectivity index (χ1) is 7.36. The average molecular weight is 194 g/mol. The Labute approximate surface area is 88.6 Å². The highest BCUT2D eigenvalue weighted by molar-refractivity contribution is 5.78. The lowest BCUT2D eigenvalue weighted by molar-refractivity contribution is -0.482. The van der Waals surface area contributed by atoms with Crippen LogP contribution in [0.4, 0.5) is 0 Å². The highest BCUT2D eigenvalue weighted by Gasteiger charge is 2.09. The summed E-state index contributed by atoms with van der Waals surface area (Å²) in [4.78, 5) is 0. The predicted octanol–water partition coefficient (Wildman–Crippen LogP) is 2.89. The van der Waals surface area contributed by atoms with E-state index >= 15 is 0 Å². The van der Waals surface area contributed by atoms with Crippen LogP contribution in [0.1, 0.15) is 5.56 Å². The third-order valence-corrected chi connectivity index (χ3v) is 2.83. The summed E-state index contributed by atoms with van der Waals surface area (Å²) in [6, 6.07) is 17.0. The van der Waals surface area contributed by atoms with Gasteiger partial charge in [-0.15, -0.1) is 0 Å². The Kier molecular flexibility index (Phi) is 1.72. The summed E-state index contributed by atoms with van der Waals surface area (Å²) >= 11 is 0. The highest BCUT2D eigenvalue weighted by atomic mass is 14.9. The zero-order valence-electron chi connectivity index (χ0n) is 8.64. The van der Waals surface area contributed by atoms with Crippen molar-refractivity contribution >= 4 is 16.4 Å². The maximum absolute atomic E-state index is 2.24. The molecule has 0 amide bonds. The van der Waals surface area contributed by atoms with Crippen LogP contribution >= 0.6 is 0 Å². The second kappa shape index (κ2) is 3.06. The number of hydrogen-bond donors (Lipinski definition) is 0. The molecule has 2 aromatic heterocycles. The maximum Gasteiger partial charge on any atom is 0.218 e. The van der Waals surface area contributed by atoms with Gasteiger partial charge in [-0.3, -0.25) is 0 Å². The van der Waals surface area contributed by atoms with Crippen LogP contribution in [0.3, 0.4) is 0 Å². The zero-order chi connectivity index (χ0) is 10.3. The molecule has 15 heavy (non-hydrogen) atoms. The molecule has 0 atom stereocenters. The third-order valence-electron chi connectivity index (χ3n) is 2.83. The molecule has 0 unspecified atom stereocenters. The van der Waals surface area contributed by atoms with Gasteiger partial charge < -0.3 is 0 Å². The van der Waals surface area contributed by atoms with Crippen LogP contribution in [-0.4, -0.2) is 0 Å². The molecule has 2 heterocycles. The lowest BCUT2D eigenvalue weighted by Gasteiger charge is -1.99. The lowest BCUT2D eigenvalue weighted by atomic mass is 10.1. The third kappa shape index (κ3) is 1.20. The Morgan fingerprint density at radius 1 is 0.867 bits per heavy atom. The van der Waals surface area contributed by atoms with Gasteiger partial charge in [0, 0.05) is 29.1 Å². The molecule has 0 aliphatic carbocycles. The van der Waals surface area contributed by atoms with Crippen molar-refractivity contribution in [3.8, 4) is 0 Å². The average Bonchev–Trinajstić information content (AvgIpc) is 2.30. The van der Waals surface area contributed by atoms with E-state index in [0.29, 0.717) is 0 Å². The molecule has 0 fully saturated rings. The minimum atomic E-state index is 1.26. The molecule has 0 aliphatic heterocycles. The van der Waals surface area contributed by atoms with Gasteiger partial charge in [-0.25, -0.2) is 0 Å². The Hall–Kier alpha value is -1.89. The Bertz CT molecular complexity index is 641. The molecule has 0 saturated heterocycles. The molecule has 0 radical (unpaired) electrons. The molecule has 1 aromatic carbocycles. The molecule has 1 heteroatoms. The summed E-state index contributed by atoms with van der Waals surface area (Å²) in [7, 11) is 0. The van der Waals surface area contributed by atoms with Crippen LogP contribution in [0.25, 0.3) is 16.4 Å². The van der Waals surface area contributed by atoms with Gasteiger partial charge in [0.05, 0.1) is 0 Å². The van der Waals surface area contributed by atoms with E-state index in [-0.39, 0.29) is 0 Å². The molecule has 72 valence electrons. The van der Waals surface area contributed by atoms with Crippen molar-refractivity contribution in [1.82, 2.24) is 0 Å². The number of aryl methyl sites for hydroxylation is 1. The van der Waals surface area contributed by atoms with E-state index in [1.165, 1.54) is 22.0 Å². The predicted molar refractivity (Wildman–Crippen MR) is 61.8 cm³/mol. The largest absolute Gasteiger partial charge is 0.218 e. The maximum atomic E-state index is 2.24. The number of nitrogens with zero attached hydrogens (tertiary/aromatic N) is 1. The number of hydrogen-bond acceptors (Lipinski definition) is 0. The van der Waals surface area contributed by atoms with Crippen LogP contribution in [0, 0.1) is 6.92 Å². The zero-order valence-corrected chi connectivity index (χ0v) is 8.64. The smallest absolute Gasteiger partial charge is 0.160 e. The minimum Gasteiger partial charge on any atom is -0.160 e. The van der Waals surface area contributed by atoms with Crippen molar-refractivity contribution < 1.29 is 4.40 Å². The van der Waals surface area contributed by atoms with E-state index < -0.39 is 0 Å². The molecular formula is C14H12N+. The second-order valence-electron chi connectivity index (χ2n) is 3.84. The lowest BCUT2D eigenvalue weighted by Crippen LogP contribution is -2.22. The van der Waals surface area contributed by atoms with E-state index in [1.807, 2.05) is 0 Å². The molecule has 0 spiro atoms. The van der Waals surface area contributed by atoms with Gasteiger partial charge in [0.25, 0.3) is 0 Å². The van der Waals surface area contributed by atoms with Crippen molar-refractivity contribution in [3.63, 3.8) is 0 Å². The van der Waals surface area contributed by atoms with Crippen LogP contribution in [0.2, 0.25) is 0 Å². The van der Waals surface area contributed by atoms with E-state index in [1.54, 1.807) is 0 Å². The first-order valence-electron chi connectivity index (χ1n) is 5.15. The van der Waals surface area contributed by atoms with Gasteiger partial charge in [0.2, 0.25) is 11.0 Å². The van der Waals surface area contributed by atoms with Gasteiger partial charge in [-0.05, 0) is 25.1 Å². The summed E-state index contributed by atoms with van der Waals surface area (Å²) < 4.78 is 2.24. The molecule has 3 rings (SSSR count). The molecule has 1 nitrogen and oxygen atoms in total. The summed E-state index contributed by atoms with van der Waals surface area (Å²) in [6.45, 7) is 2.15. The monoisotopic (exact) mass is 194 g/mol. The first kappa shape index (κ1) is 8.42. The normalized spacial score (nSPS) is 11.0. The molecule has 3 aromatic rings. The van der Waals surface area contributed by atoms with Gasteiger partial charge in [-0.2, -0.15) is 4.40 Å². The summed E-state index contributed by atoms with van der Waals surface area (Å²) in [5, 5.41) is 1.29. The quantitative estimate of drug-likeness (QED) is 0.383. The highest BCUT2D eigenvalue weighted by Crippen LogP contribution is 2.14. The summed E-state index contributed by atoms with van der Waals surface area (Å²) in [5.41, 5.74) is 3.85. The van der Waals surface area contributed by atoms with Crippen LogP contribution < -0.4 is 4.40 Å². The number of fused-ring (bicyclic) bond motifs is 3. The van der Waals surface area contributed by atoms with Crippen molar-refractivity contribution in [3.05, 3.63) is 60.3 Å². The number of benzene rings is 1. The Balaban J connectivity index is 2.64. The Morgan fingerprint density at radius 3 is 2.53 bits per heavy atom. The minimum absolute atomic E-state index is 1.26. The van der Waals surface area contributed by atoms with Gasteiger partial charge in [0.15, 0.2) is 6.20 Å². The van der Waals surface area contributed by atoms with Crippen molar-refractivity contribution in [2.24, 2.45) is 0 Å². The number of aromatic nitrogens is 1. The molecule has 0 N–H and O–H groups in total. The van der Waals surface area contributed by atoms with Crippen LogP contribution in [-0.2, 0) is 0 Å². The molecule has 0 saturated carbocycles. The van der Waals surface area contributed by atoms with Gasteiger partial charge in [0.1, 0.15) is 0 Å². The van der Waals surface area contributed by atoms with Gasteiger partial charge >= 0.3 is 0 Å². The first-order valence-corrected chi connectivity index (χ1v) is 5.15. The van der Waals surface area contributed by atoms with Crippen molar-refractivity contribution in [1.29, 1.82) is 0 Å². The molecule has 0 aliphatic rings. The van der Waals surface area contributed by atoms with Crippen LogP contribution in [0.15, 0.2) is 54.7 Å². The van der Waals surface area contributed by atoms with E-state index in [4.69, 9.17) is 0 Å². The standard InChI is InChI=1S/C14H12N/c1-11-10-12-6-2-3-8-14(12)15-9-5-4-7-13(11)15/h2-10H,1H3/q+1. The fraction of sp³-hybridized carbons (Fsp3) is 0.0714. The second-order valence-corrected chi connectivity index (χ2v) is 3.84. The fourth-order valence-electron chi connectivity index (χ4n) is 2.11. The molecular weight excluding hydrogens is 182 g/mol. The number of rotatable bonds is 0. The fourth-order valence-corrected chi connectivity index (χ4v) is 2.11. The molecule has 0 bridgehead atoms. The van der Waals surface area contributed by atoms with Gasteiger partial charge in [-0.1, -0.05) is 12.1 Å². The van der Waals surface area contributed by atoms with Crippen molar-refractivity contribution in [2.75, 3.05) is 0 Å². The SMILES string of the molecule is Cc1cc2ccccc2[n+]2ccccc12. The Morgan fingerprint density at radius 2 is 1.60 bits per heavy atom. The topological polar surface area (TPSA) is 4.10 Å². The van der Waals surface area contributed by atoms with E-state index in [2.05, 4.69) is 66.1 Å². The number of para-hydroxylation sites is 1.